The molecule has 0 radical (unpaired) electrons. The Morgan fingerprint density at radius 1 is 1.89 bits per heavy atom. The van der Waals surface area contributed by atoms with Gasteiger partial charge in [0, 0.05) is 19.0 Å². The second kappa shape index (κ2) is 2.30. The molecule has 1 heterocycles. The molecule has 0 saturated heterocycles. The summed E-state index contributed by atoms with van der Waals surface area (Å²) >= 11 is 0. The molecule has 1 aliphatic rings. The first-order valence-corrected chi connectivity index (χ1v) is 2.56. The molecule has 0 saturated carbocycles. The van der Waals surface area contributed by atoms with Crippen LogP contribution in [0.25, 0.3) is 0 Å². The predicted octanol–water partition coefficient (Wildman–Crippen LogP) is -1.01. The van der Waals surface area contributed by atoms with E-state index in [1.165, 1.54) is 6.20 Å². The number of amides is 1. The SMILES string of the molecule is NC(=O)C1=CNCC=N1. The van der Waals surface area contributed by atoms with E-state index in [0.717, 1.165) is 0 Å². The quantitative estimate of drug-likeness (QED) is 0.471. The maximum Gasteiger partial charge on any atom is 0.268 e. The second-order valence-electron chi connectivity index (χ2n) is 1.61. The summed E-state index contributed by atoms with van der Waals surface area (Å²) in [7, 11) is 0. The number of hydrogen-bond acceptors (Lipinski definition) is 3. The number of hydrogen-bond donors (Lipinski definition) is 2. The zero-order chi connectivity index (χ0) is 6.69. The first kappa shape index (κ1) is 5.81. The molecular weight excluding hydrogens is 118 g/mol. The molecule has 1 rings (SSSR count). The van der Waals surface area contributed by atoms with E-state index in [2.05, 4.69) is 10.3 Å². The molecule has 0 aromatic carbocycles. The van der Waals surface area contributed by atoms with Gasteiger partial charge < -0.3 is 11.1 Å². The molecule has 48 valence electrons. The lowest BCUT2D eigenvalue weighted by molar-refractivity contribution is -0.114. The molecule has 4 nitrogen and oxygen atoms in total. The Balaban J connectivity index is 2.69. The zero-order valence-corrected chi connectivity index (χ0v) is 4.79. The van der Waals surface area contributed by atoms with Gasteiger partial charge in [-0.15, -0.1) is 0 Å². The van der Waals surface area contributed by atoms with Gasteiger partial charge in [-0.2, -0.15) is 0 Å². The van der Waals surface area contributed by atoms with Gasteiger partial charge in [-0.3, -0.25) is 9.79 Å². The van der Waals surface area contributed by atoms with Gasteiger partial charge >= 0.3 is 0 Å². The van der Waals surface area contributed by atoms with E-state index in [4.69, 9.17) is 5.73 Å². The summed E-state index contributed by atoms with van der Waals surface area (Å²) in [6.07, 6.45) is 3.10. The highest BCUT2D eigenvalue weighted by Gasteiger charge is 2.02. The minimum Gasteiger partial charge on any atom is -0.384 e. The van der Waals surface area contributed by atoms with Crippen LogP contribution in [0.3, 0.4) is 0 Å². The van der Waals surface area contributed by atoms with Crippen LogP contribution in [-0.2, 0) is 4.79 Å². The zero-order valence-electron chi connectivity index (χ0n) is 4.79. The third-order valence-corrected chi connectivity index (χ3v) is 0.931. The summed E-state index contributed by atoms with van der Waals surface area (Å²) in [5.41, 5.74) is 5.19. The van der Waals surface area contributed by atoms with Crippen molar-refractivity contribution in [1.29, 1.82) is 0 Å². The van der Waals surface area contributed by atoms with Crippen molar-refractivity contribution in [2.24, 2.45) is 10.7 Å². The van der Waals surface area contributed by atoms with Gasteiger partial charge in [0.05, 0.1) is 0 Å². The van der Waals surface area contributed by atoms with Crippen LogP contribution in [0.5, 0.6) is 0 Å². The number of nitrogens with zero attached hydrogens (tertiary/aromatic N) is 1. The first-order chi connectivity index (χ1) is 4.30. The lowest BCUT2D eigenvalue weighted by atomic mass is 10.4. The second-order valence-corrected chi connectivity index (χ2v) is 1.61. The maximum atomic E-state index is 10.4. The smallest absolute Gasteiger partial charge is 0.268 e. The normalized spacial score (nSPS) is 16.2. The monoisotopic (exact) mass is 125 g/mol. The Morgan fingerprint density at radius 3 is 3.00 bits per heavy atom. The van der Waals surface area contributed by atoms with E-state index in [0.29, 0.717) is 6.54 Å². The van der Waals surface area contributed by atoms with Gasteiger partial charge in [-0.25, -0.2) is 0 Å². The van der Waals surface area contributed by atoms with Crippen molar-refractivity contribution in [3.8, 4) is 0 Å². The van der Waals surface area contributed by atoms with Crippen molar-refractivity contribution in [3.63, 3.8) is 0 Å². The summed E-state index contributed by atoms with van der Waals surface area (Å²) < 4.78 is 0. The van der Waals surface area contributed by atoms with E-state index in [1.54, 1.807) is 6.21 Å². The molecule has 0 aromatic rings. The number of nitrogens with one attached hydrogen (secondary N) is 1. The fourth-order valence-corrected chi connectivity index (χ4v) is 0.524. The van der Waals surface area contributed by atoms with Crippen molar-refractivity contribution >= 4 is 12.1 Å². The van der Waals surface area contributed by atoms with Crippen LogP contribution in [0, 0.1) is 0 Å². The standard InChI is InChI=1S/C5H7N3O/c6-5(9)4-3-7-1-2-8-4/h2-3,7H,1H2,(H2,6,9). The third-order valence-electron chi connectivity index (χ3n) is 0.931. The van der Waals surface area contributed by atoms with Crippen LogP contribution in [0.2, 0.25) is 0 Å². The van der Waals surface area contributed by atoms with Gasteiger partial charge in [0.25, 0.3) is 5.91 Å². The van der Waals surface area contributed by atoms with Crippen LogP contribution >= 0.6 is 0 Å². The number of primary amides is 1. The first-order valence-electron chi connectivity index (χ1n) is 2.56. The number of carbonyl (C=O) groups excluding carboxylic acids is 1. The fourth-order valence-electron chi connectivity index (χ4n) is 0.524. The van der Waals surface area contributed by atoms with Crippen LogP contribution in [0.15, 0.2) is 16.9 Å². The average molecular weight is 125 g/mol. The largest absolute Gasteiger partial charge is 0.384 e. The predicted molar refractivity (Wildman–Crippen MR) is 33.8 cm³/mol. The average Bonchev–Trinajstić information content (AvgIpc) is 1.90. The molecule has 0 aliphatic carbocycles. The molecule has 0 unspecified atom stereocenters. The highest BCUT2D eigenvalue weighted by Crippen LogP contribution is 1.93. The highest BCUT2D eigenvalue weighted by molar-refractivity contribution is 5.93. The summed E-state index contributed by atoms with van der Waals surface area (Å²) in [4.78, 5) is 14.1. The highest BCUT2D eigenvalue weighted by atomic mass is 16.1. The van der Waals surface area contributed by atoms with Crippen LogP contribution in [-0.4, -0.2) is 18.7 Å². The Hall–Kier alpha value is -1.32. The summed E-state index contributed by atoms with van der Waals surface area (Å²) in [5, 5.41) is 2.80. The van der Waals surface area contributed by atoms with Crippen molar-refractivity contribution < 1.29 is 4.79 Å². The Morgan fingerprint density at radius 2 is 2.67 bits per heavy atom. The van der Waals surface area contributed by atoms with Gasteiger partial charge in [0.15, 0.2) is 0 Å². The van der Waals surface area contributed by atoms with Gasteiger partial charge in [0.1, 0.15) is 5.70 Å². The number of nitrogens with two attached hydrogens (primary N) is 1. The summed E-state index contributed by atoms with van der Waals surface area (Å²) in [5.74, 6) is -0.501. The maximum absolute atomic E-state index is 10.4. The molecule has 9 heavy (non-hydrogen) atoms. The molecule has 0 bridgehead atoms. The van der Waals surface area contributed by atoms with Crippen molar-refractivity contribution in [2.75, 3.05) is 6.54 Å². The van der Waals surface area contributed by atoms with Crippen LogP contribution in [0.1, 0.15) is 0 Å². The number of carbonyl (C=O) groups is 1. The summed E-state index contributed by atoms with van der Waals surface area (Å²) in [6.45, 7) is 0.663. The van der Waals surface area contributed by atoms with E-state index >= 15 is 0 Å². The fraction of sp³-hybridized carbons (Fsp3) is 0.200. The molecule has 0 spiro atoms. The van der Waals surface area contributed by atoms with Crippen molar-refractivity contribution in [3.05, 3.63) is 11.9 Å². The third kappa shape index (κ3) is 1.28. The Bertz CT molecular complexity index is 183. The van der Waals surface area contributed by atoms with Gasteiger partial charge in [0.2, 0.25) is 0 Å². The van der Waals surface area contributed by atoms with E-state index in [-0.39, 0.29) is 5.70 Å². The molecule has 0 atom stereocenters. The lowest BCUT2D eigenvalue weighted by Crippen LogP contribution is -2.21. The molecule has 0 aromatic heterocycles. The summed E-state index contributed by atoms with van der Waals surface area (Å²) in [6, 6.07) is 0. The molecule has 1 aliphatic heterocycles. The topological polar surface area (TPSA) is 67.5 Å². The van der Waals surface area contributed by atoms with Crippen LogP contribution < -0.4 is 11.1 Å². The minimum atomic E-state index is -0.501. The van der Waals surface area contributed by atoms with E-state index < -0.39 is 5.91 Å². The molecule has 1 amide bonds. The van der Waals surface area contributed by atoms with Crippen molar-refractivity contribution in [2.45, 2.75) is 0 Å². The Labute approximate surface area is 52.5 Å². The molecule has 3 N–H and O–H groups in total. The van der Waals surface area contributed by atoms with Gasteiger partial charge in [-0.05, 0) is 0 Å². The number of rotatable bonds is 1. The Kier molecular flexibility index (Phi) is 1.48. The minimum absolute atomic E-state index is 0.279. The van der Waals surface area contributed by atoms with Crippen molar-refractivity contribution in [1.82, 2.24) is 5.32 Å². The van der Waals surface area contributed by atoms with Gasteiger partial charge in [-0.1, -0.05) is 0 Å². The molecule has 4 heteroatoms. The molecular formula is C5H7N3O. The molecule has 0 fully saturated rings. The van der Waals surface area contributed by atoms with Crippen LogP contribution in [0.4, 0.5) is 0 Å². The lowest BCUT2D eigenvalue weighted by Gasteiger charge is -2.02. The number of aliphatic imine (C=N–C) groups is 1. The van der Waals surface area contributed by atoms with E-state index in [9.17, 15) is 4.79 Å². The van der Waals surface area contributed by atoms with E-state index in [1.807, 2.05) is 0 Å².